The molecule has 0 saturated carbocycles. The minimum atomic E-state index is -0.708. The van der Waals surface area contributed by atoms with Crippen molar-refractivity contribution in [3.63, 3.8) is 0 Å². The maximum absolute atomic E-state index is 14.0. The van der Waals surface area contributed by atoms with Gasteiger partial charge in [-0.15, -0.1) is 0 Å². The van der Waals surface area contributed by atoms with Crippen molar-refractivity contribution >= 4 is 17.5 Å². The summed E-state index contributed by atoms with van der Waals surface area (Å²) in [6.07, 6.45) is 3.57. The van der Waals surface area contributed by atoms with Crippen LogP contribution in [0.4, 0.5) is 4.48 Å². The number of rotatable bonds is 4. The van der Waals surface area contributed by atoms with Crippen LogP contribution >= 0.6 is 11.6 Å². The Labute approximate surface area is 121 Å². The van der Waals surface area contributed by atoms with E-state index in [1.807, 2.05) is 13.0 Å². The Morgan fingerprint density at radius 2 is 2.20 bits per heavy atom. The maximum atomic E-state index is 14.0. The Morgan fingerprint density at radius 3 is 2.80 bits per heavy atom. The predicted molar refractivity (Wildman–Crippen MR) is 75.0 cm³/mol. The highest BCUT2D eigenvalue weighted by atomic mass is 35.5. The van der Waals surface area contributed by atoms with Crippen LogP contribution in [0.2, 0.25) is 5.02 Å². The third-order valence-electron chi connectivity index (χ3n) is 3.03. The molecule has 0 spiro atoms. The molecular formula is C14H15ClFN3O. The van der Waals surface area contributed by atoms with Crippen LogP contribution in [-0.4, -0.2) is 20.8 Å². The van der Waals surface area contributed by atoms with E-state index in [2.05, 4.69) is 5.10 Å². The molecule has 20 heavy (non-hydrogen) atoms. The van der Waals surface area contributed by atoms with Crippen LogP contribution in [-0.2, 0) is 20.0 Å². The molecule has 0 fully saturated rings. The lowest BCUT2D eigenvalue weighted by molar-refractivity contribution is 0.0147. The lowest BCUT2D eigenvalue weighted by atomic mass is 10.1. The van der Waals surface area contributed by atoms with Gasteiger partial charge in [-0.3, -0.25) is 9.48 Å². The summed E-state index contributed by atoms with van der Waals surface area (Å²) >= 11 is 5.92. The third-order valence-corrected chi connectivity index (χ3v) is 3.27. The normalized spacial score (nSPS) is 10.6. The summed E-state index contributed by atoms with van der Waals surface area (Å²) in [6, 6.07) is 5.29. The Hall–Kier alpha value is -1.88. The van der Waals surface area contributed by atoms with Crippen LogP contribution in [0.25, 0.3) is 0 Å². The first-order chi connectivity index (χ1) is 9.51. The van der Waals surface area contributed by atoms with Crippen LogP contribution < -0.4 is 0 Å². The highest BCUT2D eigenvalue weighted by Gasteiger charge is 2.18. The number of aryl methyl sites for hydroxylation is 2. The lowest BCUT2D eigenvalue weighted by Gasteiger charge is -2.14. The van der Waals surface area contributed by atoms with E-state index in [-0.39, 0.29) is 17.2 Å². The smallest absolute Gasteiger partial charge is 0.275 e. The number of benzene rings is 1. The van der Waals surface area contributed by atoms with Crippen LogP contribution in [0.1, 0.15) is 28.4 Å². The van der Waals surface area contributed by atoms with Gasteiger partial charge in [0.05, 0.1) is 18.3 Å². The molecule has 106 valence electrons. The highest BCUT2D eigenvalue weighted by Crippen LogP contribution is 2.19. The maximum Gasteiger partial charge on any atom is 0.285 e. The molecule has 1 aromatic heterocycles. The third kappa shape index (κ3) is 3.17. The minimum Gasteiger partial charge on any atom is -0.275 e. The summed E-state index contributed by atoms with van der Waals surface area (Å²) in [5.41, 5.74) is 1.89. The molecule has 0 saturated heterocycles. The molecule has 6 heteroatoms. The van der Waals surface area contributed by atoms with Crippen molar-refractivity contribution in [2.75, 3.05) is 0 Å². The molecule has 0 atom stereocenters. The second-order valence-electron chi connectivity index (χ2n) is 4.49. The van der Waals surface area contributed by atoms with E-state index in [4.69, 9.17) is 11.6 Å². The van der Waals surface area contributed by atoms with Crippen molar-refractivity contribution in [2.45, 2.75) is 19.9 Å². The van der Waals surface area contributed by atoms with Gasteiger partial charge in [-0.05, 0) is 29.7 Å². The Balaban J connectivity index is 2.17. The first-order valence-electron chi connectivity index (χ1n) is 6.25. The standard InChI is InChI=1S/C14H15ClFN3O/c1-3-10-4-5-13(15)6-11(10)9-19(16)14(20)12-7-17-18(2)8-12/h4-8H,3,9H2,1-2H3. The monoisotopic (exact) mass is 295 g/mol. The molecule has 1 aromatic carbocycles. The van der Waals surface area contributed by atoms with Crippen molar-refractivity contribution < 1.29 is 9.28 Å². The summed E-state index contributed by atoms with van der Waals surface area (Å²) in [7, 11) is 1.67. The summed E-state index contributed by atoms with van der Waals surface area (Å²) in [6.45, 7) is 1.84. The van der Waals surface area contributed by atoms with E-state index in [1.165, 1.54) is 17.1 Å². The first-order valence-corrected chi connectivity index (χ1v) is 6.62. The van der Waals surface area contributed by atoms with Gasteiger partial charge in [0.25, 0.3) is 5.91 Å². The number of hydrogen-bond acceptors (Lipinski definition) is 2. The van der Waals surface area contributed by atoms with Crippen LogP contribution in [0.15, 0.2) is 30.6 Å². The molecule has 0 N–H and O–H groups in total. The van der Waals surface area contributed by atoms with E-state index in [0.29, 0.717) is 10.6 Å². The molecular weight excluding hydrogens is 281 g/mol. The SMILES string of the molecule is CCc1ccc(Cl)cc1CN(F)C(=O)c1cnn(C)c1. The second kappa shape index (κ2) is 6.05. The zero-order chi connectivity index (χ0) is 14.7. The van der Waals surface area contributed by atoms with Gasteiger partial charge in [0.1, 0.15) is 0 Å². The average molecular weight is 296 g/mol. The van der Waals surface area contributed by atoms with Crippen molar-refractivity contribution in [3.8, 4) is 0 Å². The van der Waals surface area contributed by atoms with Crippen molar-refractivity contribution in [3.05, 3.63) is 52.3 Å². The summed E-state index contributed by atoms with van der Waals surface area (Å²) in [4.78, 5) is 11.9. The zero-order valence-corrected chi connectivity index (χ0v) is 12.1. The number of carbonyl (C=O) groups is 1. The molecule has 0 aliphatic carbocycles. The molecule has 0 aliphatic heterocycles. The fourth-order valence-electron chi connectivity index (χ4n) is 1.98. The van der Waals surface area contributed by atoms with E-state index in [1.54, 1.807) is 19.2 Å². The van der Waals surface area contributed by atoms with Gasteiger partial charge < -0.3 is 0 Å². The van der Waals surface area contributed by atoms with Gasteiger partial charge in [0.2, 0.25) is 0 Å². The lowest BCUT2D eigenvalue weighted by Crippen LogP contribution is -2.22. The Morgan fingerprint density at radius 1 is 1.45 bits per heavy atom. The number of carbonyl (C=O) groups excluding carboxylic acids is 1. The van der Waals surface area contributed by atoms with Gasteiger partial charge in [-0.25, -0.2) is 0 Å². The molecule has 1 heterocycles. The number of halogens is 2. The fraction of sp³-hybridized carbons (Fsp3) is 0.286. The van der Waals surface area contributed by atoms with Crippen LogP contribution in [0.5, 0.6) is 0 Å². The minimum absolute atomic E-state index is 0.128. The van der Waals surface area contributed by atoms with E-state index < -0.39 is 5.91 Å². The van der Waals surface area contributed by atoms with Crippen molar-refractivity contribution in [1.82, 2.24) is 14.9 Å². The molecule has 2 rings (SSSR count). The zero-order valence-electron chi connectivity index (χ0n) is 11.3. The predicted octanol–water partition coefficient (Wildman–Crippen LogP) is 3.16. The summed E-state index contributed by atoms with van der Waals surface area (Å²) in [5.74, 6) is -0.708. The first kappa shape index (κ1) is 14.5. The van der Waals surface area contributed by atoms with Gasteiger partial charge in [-0.2, -0.15) is 10.2 Å². The van der Waals surface area contributed by atoms with E-state index in [9.17, 15) is 9.28 Å². The fourth-order valence-corrected chi connectivity index (χ4v) is 2.17. The molecule has 4 nitrogen and oxygen atoms in total. The van der Waals surface area contributed by atoms with Gasteiger partial charge in [-0.1, -0.05) is 29.1 Å². The Kier molecular flexibility index (Phi) is 4.39. The van der Waals surface area contributed by atoms with Crippen molar-refractivity contribution in [2.24, 2.45) is 7.05 Å². The highest BCUT2D eigenvalue weighted by molar-refractivity contribution is 6.30. The quantitative estimate of drug-likeness (QED) is 0.813. The number of amides is 1. The number of hydrogen-bond donors (Lipinski definition) is 0. The molecule has 0 aliphatic rings. The average Bonchev–Trinajstić information content (AvgIpc) is 2.84. The van der Waals surface area contributed by atoms with Gasteiger partial charge in [0, 0.05) is 18.3 Å². The topological polar surface area (TPSA) is 38.1 Å². The molecule has 1 amide bonds. The Bertz CT molecular complexity index is 627. The summed E-state index contributed by atoms with van der Waals surface area (Å²) in [5, 5.41) is 4.57. The van der Waals surface area contributed by atoms with Crippen molar-refractivity contribution in [1.29, 1.82) is 0 Å². The number of aromatic nitrogens is 2. The van der Waals surface area contributed by atoms with Gasteiger partial charge in [0.15, 0.2) is 0 Å². The molecule has 0 unspecified atom stereocenters. The largest absolute Gasteiger partial charge is 0.285 e. The van der Waals surface area contributed by atoms with Gasteiger partial charge >= 0.3 is 0 Å². The second-order valence-corrected chi connectivity index (χ2v) is 4.93. The molecule has 0 bridgehead atoms. The van der Waals surface area contributed by atoms with Crippen LogP contribution in [0, 0.1) is 0 Å². The summed E-state index contributed by atoms with van der Waals surface area (Å²) < 4.78 is 15.5. The van der Waals surface area contributed by atoms with E-state index >= 15 is 0 Å². The van der Waals surface area contributed by atoms with Crippen LogP contribution in [0.3, 0.4) is 0 Å². The number of nitrogens with zero attached hydrogens (tertiary/aromatic N) is 3. The molecule has 2 aromatic rings. The van der Waals surface area contributed by atoms with E-state index in [0.717, 1.165) is 12.0 Å². The molecule has 0 radical (unpaired) electrons.